The average Bonchev–Trinajstić information content (AvgIpc) is 3.31. The Bertz CT molecular complexity index is 1340. The summed E-state index contributed by atoms with van der Waals surface area (Å²) in [6.45, 7) is 9.14. The normalized spacial score (nSPS) is 10.9. The molecule has 2 amide bonds. The zero-order valence-corrected chi connectivity index (χ0v) is 17.5. The van der Waals surface area contributed by atoms with Crippen LogP contribution in [0.2, 0.25) is 0 Å². The van der Waals surface area contributed by atoms with Crippen molar-refractivity contribution in [3.8, 4) is 22.4 Å². The van der Waals surface area contributed by atoms with Gasteiger partial charge in [0, 0.05) is 11.1 Å². The lowest BCUT2D eigenvalue weighted by Crippen LogP contribution is -2.11. The number of nitrogens with zero attached hydrogens (tertiary/aromatic N) is 1. The van der Waals surface area contributed by atoms with Gasteiger partial charge in [-0.25, -0.2) is 0 Å². The molecule has 2 aromatic heterocycles. The second-order valence-electron chi connectivity index (χ2n) is 7.37. The highest BCUT2D eigenvalue weighted by Gasteiger charge is 2.20. The van der Waals surface area contributed by atoms with E-state index in [1.807, 2.05) is 51.1 Å². The molecule has 0 aliphatic rings. The van der Waals surface area contributed by atoms with E-state index in [1.165, 1.54) is 6.08 Å². The Balaban J connectivity index is 1.97. The molecule has 31 heavy (non-hydrogen) atoms. The summed E-state index contributed by atoms with van der Waals surface area (Å²) in [5, 5.41) is 7.69. The number of carbonyl (C=O) groups excluding carboxylic acids is 2. The van der Waals surface area contributed by atoms with Crippen LogP contribution in [0.15, 0.2) is 53.6 Å². The van der Waals surface area contributed by atoms with Crippen molar-refractivity contribution in [2.45, 2.75) is 20.8 Å². The molecule has 7 nitrogen and oxygen atoms in total. The number of nitrogens with two attached hydrogens (primary N) is 1. The molecule has 0 saturated carbocycles. The van der Waals surface area contributed by atoms with Crippen molar-refractivity contribution in [3.63, 3.8) is 0 Å². The maximum atomic E-state index is 12.1. The number of hydrogen-bond donors (Lipinski definition) is 3. The van der Waals surface area contributed by atoms with Crippen molar-refractivity contribution < 1.29 is 14.1 Å². The maximum Gasteiger partial charge on any atom is 0.250 e. The number of H-pyrrole nitrogens is 1. The molecular weight excluding hydrogens is 392 g/mol. The van der Waals surface area contributed by atoms with E-state index in [-0.39, 0.29) is 5.91 Å². The first kappa shape index (κ1) is 20.2. The Morgan fingerprint density at radius 2 is 1.94 bits per heavy atom. The molecule has 4 aromatic rings. The highest BCUT2D eigenvalue weighted by atomic mass is 16.5. The Labute approximate surface area is 178 Å². The molecule has 0 atom stereocenters. The van der Waals surface area contributed by atoms with E-state index in [0.29, 0.717) is 22.5 Å². The standard InChI is InChI=1S/C24H22N4O3/c1-5-21(29)26-19-8-6-7-15(12(19)2)16-9-10-17(24(25)30)23-18(16)11-20(27-23)22-13(3)28-31-14(22)4/h5-11,27H,1H2,2-4H3,(H2,25,30)(H,26,29). The minimum atomic E-state index is -0.521. The average molecular weight is 414 g/mol. The Kier molecular flexibility index (Phi) is 4.94. The highest BCUT2D eigenvalue weighted by Crippen LogP contribution is 2.38. The third kappa shape index (κ3) is 3.40. The van der Waals surface area contributed by atoms with Crippen molar-refractivity contribution >= 4 is 28.4 Å². The lowest BCUT2D eigenvalue weighted by atomic mass is 9.94. The number of fused-ring (bicyclic) bond motifs is 1. The van der Waals surface area contributed by atoms with Gasteiger partial charge in [0.05, 0.1) is 28.0 Å². The largest absolute Gasteiger partial charge is 0.366 e. The Morgan fingerprint density at radius 1 is 1.16 bits per heavy atom. The summed E-state index contributed by atoms with van der Waals surface area (Å²) in [7, 11) is 0. The first-order valence-electron chi connectivity index (χ1n) is 9.74. The van der Waals surface area contributed by atoms with Gasteiger partial charge in [-0.05, 0) is 61.7 Å². The maximum absolute atomic E-state index is 12.1. The van der Waals surface area contributed by atoms with Gasteiger partial charge < -0.3 is 20.6 Å². The first-order valence-corrected chi connectivity index (χ1v) is 9.74. The molecule has 0 unspecified atom stereocenters. The number of anilines is 1. The predicted molar refractivity (Wildman–Crippen MR) is 121 cm³/mol. The molecule has 2 aromatic carbocycles. The zero-order chi connectivity index (χ0) is 22.3. The minimum Gasteiger partial charge on any atom is -0.366 e. The number of aromatic nitrogens is 2. The number of carbonyl (C=O) groups is 2. The van der Waals surface area contributed by atoms with E-state index >= 15 is 0 Å². The van der Waals surface area contributed by atoms with E-state index in [2.05, 4.69) is 22.0 Å². The van der Waals surface area contributed by atoms with Gasteiger partial charge in [-0.2, -0.15) is 0 Å². The van der Waals surface area contributed by atoms with Crippen molar-refractivity contribution in [2.75, 3.05) is 5.32 Å². The fraction of sp³-hybridized carbons (Fsp3) is 0.125. The number of rotatable bonds is 5. The van der Waals surface area contributed by atoms with Gasteiger partial charge >= 0.3 is 0 Å². The van der Waals surface area contributed by atoms with Gasteiger partial charge in [-0.3, -0.25) is 9.59 Å². The molecule has 4 rings (SSSR count). The molecule has 4 N–H and O–H groups in total. The van der Waals surface area contributed by atoms with E-state index in [4.69, 9.17) is 10.3 Å². The highest BCUT2D eigenvalue weighted by molar-refractivity contribution is 6.11. The van der Waals surface area contributed by atoms with E-state index in [9.17, 15) is 9.59 Å². The van der Waals surface area contributed by atoms with Crippen LogP contribution in [-0.4, -0.2) is 22.0 Å². The minimum absolute atomic E-state index is 0.281. The number of benzene rings is 2. The summed E-state index contributed by atoms with van der Waals surface area (Å²) in [6, 6.07) is 11.2. The number of amides is 2. The summed E-state index contributed by atoms with van der Waals surface area (Å²) >= 11 is 0. The van der Waals surface area contributed by atoms with Crippen LogP contribution in [0.1, 0.15) is 27.4 Å². The first-order chi connectivity index (χ1) is 14.8. The number of nitrogens with one attached hydrogen (secondary N) is 2. The Hall–Kier alpha value is -4.13. The third-order valence-electron chi connectivity index (χ3n) is 5.43. The topological polar surface area (TPSA) is 114 Å². The second-order valence-corrected chi connectivity index (χ2v) is 7.37. The van der Waals surface area contributed by atoms with E-state index < -0.39 is 5.91 Å². The van der Waals surface area contributed by atoms with Gasteiger partial charge in [-0.15, -0.1) is 0 Å². The molecule has 7 heteroatoms. The summed E-state index contributed by atoms with van der Waals surface area (Å²) in [5.74, 6) is -0.124. The quantitative estimate of drug-likeness (QED) is 0.413. The lowest BCUT2D eigenvalue weighted by Gasteiger charge is -2.13. The summed E-state index contributed by atoms with van der Waals surface area (Å²) in [6.07, 6.45) is 1.23. The number of primary amides is 1. The molecule has 0 aliphatic heterocycles. The molecule has 0 radical (unpaired) electrons. The van der Waals surface area contributed by atoms with Crippen LogP contribution in [0.25, 0.3) is 33.3 Å². The van der Waals surface area contributed by atoms with Gasteiger partial charge in [0.1, 0.15) is 5.76 Å². The van der Waals surface area contributed by atoms with Crippen LogP contribution in [0.4, 0.5) is 5.69 Å². The van der Waals surface area contributed by atoms with Crippen LogP contribution in [-0.2, 0) is 4.79 Å². The van der Waals surface area contributed by atoms with E-state index in [0.717, 1.165) is 39.0 Å². The van der Waals surface area contributed by atoms with Crippen molar-refractivity contribution in [2.24, 2.45) is 5.73 Å². The molecule has 0 spiro atoms. The number of aromatic amines is 1. The van der Waals surface area contributed by atoms with Crippen molar-refractivity contribution in [1.29, 1.82) is 0 Å². The third-order valence-corrected chi connectivity index (χ3v) is 5.43. The Morgan fingerprint density at radius 3 is 2.58 bits per heavy atom. The molecule has 0 bridgehead atoms. The second kappa shape index (κ2) is 7.60. The lowest BCUT2D eigenvalue weighted by molar-refractivity contribution is -0.111. The van der Waals surface area contributed by atoms with Crippen LogP contribution >= 0.6 is 0 Å². The van der Waals surface area contributed by atoms with Crippen LogP contribution in [0.3, 0.4) is 0 Å². The number of hydrogen-bond acceptors (Lipinski definition) is 4. The molecule has 0 aliphatic carbocycles. The fourth-order valence-electron chi connectivity index (χ4n) is 3.91. The van der Waals surface area contributed by atoms with Crippen LogP contribution in [0.5, 0.6) is 0 Å². The van der Waals surface area contributed by atoms with Crippen LogP contribution < -0.4 is 11.1 Å². The van der Waals surface area contributed by atoms with Gasteiger partial charge in [-0.1, -0.05) is 29.9 Å². The molecule has 0 saturated heterocycles. The summed E-state index contributed by atoms with van der Waals surface area (Å²) in [4.78, 5) is 27.2. The van der Waals surface area contributed by atoms with Crippen molar-refractivity contribution in [1.82, 2.24) is 10.1 Å². The van der Waals surface area contributed by atoms with Crippen LogP contribution in [0, 0.1) is 20.8 Å². The predicted octanol–water partition coefficient (Wildman–Crippen LogP) is 4.64. The summed E-state index contributed by atoms with van der Waals surface area (Å²) < 4.78 is 5.31. The fourth-order valence-corrected chi connectivity index (χ4v) is 3.91. The number of aryl methyl sites for hydroxylation is 2. The molecular formula is C24H22N4O3. The zero-order valence-electron chi connectivity index (χ0n) is 17.5. The van der Waals surface area contributed by atoms with Gasteiger partial charge in [0.15, 0.2) is 0 Å². The molecule has 156 valence electrons. The summed E-state index contributed by atoms with van der Waals surface area (Å²) in [5.41, 5.74) is 12.5. The molecule has 2 heterocycles. The van der Waals surface area contributed by atoms with Gasteiger partial charge in [0.25, 0.3) is 5.91 Å². The van der Waals surface area contributed by atoms with E-state index in [1.54, 1.807) is 6.07 Å². The SMILES string of the molecule is C=CC(=O)Nc1cccc(-c2ccc(C(N)=O)c3[nH]c(-c4c(C)noc4C)cc23)c1C. The monoisotopic (exact) mass is 414 g/mol. The smallest absolute Gasteiger partial charge is 0.250 e. The van der Waals surface area contributed by atoms with Gasteiger partial charge in [0.2, 0.25) is 5.91 Å². The molecule has 0 fully saturated rings. The van der Waals surface area contributed by atoms with Crippen molar-refractivity contribution in [3.05, 3.63) is 71.6 Å².